The average molecular weight is 286 g/mol. The number of pyridine rings is 1. The van der Waals surface area contributed by atoms with Crippen molar-refractivity contribution >= 4 is 23.5 Å². The molecule has 0 bridgehead atoms. The zero-order valence-corrected chi connectivity index (χ0v) is 12.7. The second-order valence-electron chi connectivity index (χ2n) is 4.73. The minimum atomic E-state index is -0.167. The van der Waals surface area contributed by atoms with Crippen LogP contribution in [-0.2, 0) is 4.79 Å². The number of aromatic nitrogens is 1. The number of rotatable bonds is 4. The lowest BCUT2D eigenvalue weighted by molar-refractivity contribution is -0.115. The number of aryl methyl sites for hydroxylation is 2. The second-order valence-corrected chi connectivity index (χ2v) is 6.14. The topological polar surface area (TPSA) is 42.0 Å². The van der Waals surface area contributed by atoms with E-state index in [0.717, 1.165) is 10.6 Å². The fraction of sp³-hybridized carbons (Fsp3) is 0.250. The van der Waals surface area contributed by atoms with E-state index < -0.39 is 0 Å². The maximum atomic E-state index is 12.1. The van der Waals surface area contributed by atoms with Gasteiger partial charge in [0.2, 0.25) is 5.91 Å². The summed E-state index contributed by atoms with van der Waals surface area (Å²) in [5.74, 6) is 0.569. The highest BCUT2D eigenvalue weighted by Gasteiger charge is 2.14. The molecule has 1 heterocycles. The van der Waals surface area contributed by atoms with Gasteiger partial charge < -0.3 is 5.32 Å². The molecule has 0 saturated heterocycles. The molecule has 3 nitrogen and oxygen atoms in total. The van der Waals surface area contributed by atoms with Crippen LogP contribution in [0.5, 0.6) is 0 Å². The summed E-state index contributed by atoms with van der Waals surface area (Å²) in [6.45, 7) is 5.85. The van der Waals surface area contributed by atoms with E-state index >= 15 is 0 Å². The van der Waals surface area contributed by atoms with Crippen molar-refractivity contribution in [3.63, 3.8) is 0 Å². The maximum Gasteiger partial charge on any atom is 0.238 e. The van der Waals surface area contributed by atoms with Crippen LogP contribution in [0.1, 0.15) is 18.2 Å². The normalized spacial score (nSPS) is 11.9. The molecule has 0 aliphatic carbocycles. The van der Waals surface area contributed by atoms with Gasteiger partial charge in [0.05, 0.1) is 5.25 Å². The van der Waals surface area contributed by atoms with Crippen molar-refractivity contribution in [1.29, 1.82) is 0 Å². The van der Waals surface area contributed by atoms with Crippen LogP contribution in [0.4, 0.5) is 5.82 Å². The van der Waals surface area contributed by atoms with E-state index in [1.165, 1.54) is 5.56 Å². The van der Waals surface area contributed by atoms with Crippen LogP contribution in [0.15, 0.2) is 47.4 Å². The van der Waals surface area contributed by atoms with Gasteiger partial charge in [0.1, 0.15) is 5.82 Å². The molecule has 0 fully saturated rings. The van der Waals surface area contributed by atoms with Gasteiger partial charge in [0.25, 0.3) is 0 Å². The molecule has 4 heteroatoms. The zero-order valence-electron chi connectivity index (χ0n) is 11.9. The number of amides is 1. The minimum Gasteiger partial charge on any atom is -0.310 e. The Bertz CT molecular complexity index is 596. The SMILES string of the molecule is Cc1ccc(S[C@@H](C)C(=O)Nc2cccc(C)n2)cc1. The summed E-state index contributed by atoms with van der Waals surface area (Å²) in [6, 6.07) is 13.8. The van der Waals surface area contributed by atoms with E-state index in [2.05, 4.69) is 22.4 Å². The molecule has 1 atom stereocenters. The number of hydrogen-bond donors (Lipinski definition) is 1. The Morgan fingerprint density at radius 1 is 1.15 bits per heavy atom. The van der Waals surface area contributed by atoms with Gasteiger partial charge in [-0.3, -0.25) is 4.79 Å². The number of carbonyl (C=O) groups is 1. The Hall–Kier alpha value is -1.81. The van der Waals surface area contributed by atoms with Crippen molar-refractivity contribution in [1.82, 2.24) is 4.98 Å². The van der Waals surface area contributed by atoms with E-state index in [1.54, 1.807) is 17.8 Å². The molecule has 104 valence electrons. The first-order chi connectivity index (χ1) is 9.54. The third-order valence-corrected chi connectivity index (χ3v) is 3.95. The van der Waals surface area contributed by atoms with Crippen LogP contribution in [0.2, 0.25) is 0 Å². The van der Waals surface area contributed by atoms with E-state index in [4.69, 9.17) is 0 Å². The first-order valence-corrected chi connectivity index (χ1v) is 7.40. The number of anilines is 1. The molecule has 1 N–H and O–H groups in total. The third kappa shape index (κ3) is 4.10. The minimum absolute atomic E-state index is 0.0336. The van der Waals surface area contributed by atoms with Crippen LogP contribution >= 0.6 is 11.8 Å². The predicted molar refractivity (Wildman–Crippen MR) is 84.1 cm³/mol. The molecule has 1 amide bonds. The Morgan fingerprint density at radius 2 is 1.85 bits per heavy atom. The number of benzene rings is 1. The highest BCUT2D eigenvalue weighted by molar-refractivity contribution is 8.00. The van der Waals surface area contributed by atoms with Crippen LogP contribution < -0.4 is 5.32 Å². The summed E-state index contributed by atoms with van der Waals surface area (Å²) < 4.78 is 0. The van der Waals surface area contributed by atoms with Gasteiger partial charge in [-0.05, 0) is 45.0 Å². The van der Waals surface area contributed by atoms with Gasteiger partial charge in [-0.25, -0.2) is 4.98 Å². The quantitative estimate of drug-likeness (QED) is 0.869. The monoisotopic (exact) mass is 286 g/mol. The van der Waals surface area contributed by atoms with Gasteiger partial charge >= 0.3 is 0 Å². The van der Waals surface area contributed by atoms with E-state index in [9.17, 15) is 4.79 Å². The molecule has 2 aromatic rings. The summed E-state index contributed by atoms with van der Waals surface area (Å²) in [6.07, 6.45) is 0. The molecule has 0 saturated carbocycles. The molecule has 0 aliphatic rings. The van der Waals surface area contributed by atoms with Crippen LogP contribution in [0, 0.1) is 13.8 Å². The molecule has 0 spiro atoms. The smallest absolute Gasteiger partial charge is 0.238 e. The molecule has 20 heavy (non-hydrogen) atoms. The van der Waals surface area contributed by atoms with Gasteiger partial charge in [0.15, 0.2) is 0 Å². The van der Waals surface area contributed by atoms with Crippen LogP contribution in [0.25, 0.3) is 0 Å². The van der Waals surface area contributed by atoms with Crippen LogP contribution in [0.3, 0.4) is 0 Å². The Morgan fingerprint density at radius 3 is 2.50 bits per heavy atom. The molecule has 1 aromatic carbocycles. The van der Waals surface area contributed by atoms with Crippen molar-refractivity contribution in [2.24, 2.45) is 0 Å². The Kier molecular flexibility index (Phi) is 4.79. The standard InChI is InChI=1S/C16H18N2OS/c1-11-7-9-14(10-8-11)20-13(3)16(19)18-15-6-4-5-12(2)17-15/h4-10,13H,1-3H3,(H,17,18,19)/t13-/m0/s1. The molecule has 1 aromatic heterocycles. The molecule has 0 aliphatic heterocycles. The largest absolute Gasteiger partial charge is 0.310 e. The van der Waals surface area contributed by atoms with Crippen molar-refractivity contribution < 1.29 is 4.79 Å². The van der Waals surface area contributed by atoms with Crippen molar-refractivity contribution in [3.05, 3.63) is 53.7 Å². The number of hydrogen-bond acceptors (Lipinski definition) is 3. The van der Waals surface area contributed by atoms with Gasteiger partial charge in [-0.2, -0.15) is 0 Å². The lowest BCUT2D eigenvalue weighted by Crippen LogP contribution is -2.23. The van der Waals surface area contributed by atoms with Gasteiger partial charge in [-0.15, -0.1) is 11.8 Å². The van der Waals surface area contributed by atoms with Crippen molar-refractivity contribution in [2.75, 3.05) is 5.32 Å². The zero-order chi connectivity index (χ0) is 14.5. The Balaban J connectivity index is 1.96. The summed E-state index contributed by atoms with van der Waals surface area (Å²) in [5, 5.41) is 2.68. The van der Waals surface area contributed by atoms with E-state index in [1.807, 2.05) is 45.0 Å². The molecule has 2 rings (SSSR count). The summed E-state index contributed by atoms with van der Waals surface area (Å²) in [7, 11) is 0. The molecular formula is C16H18N2OS. The third-order valence-electron chi connectivity index (χ3n) is 2.84. The fourth-order valence-electron chi connectivity index (χ4n) is 1.72. The predicted octanol–water partition coefficient (Wildman–Crippen LogP) is 3.82. The van der Waals surface area contributed by atoms with Gasteiger partial charge in [0, 0.05) is 10.6 Å². The molecule has 0 unspecified atom stereocenters. The number of carbonyl (C=O) groups excluding carboxylic acids is 1. The lowest BCUT2D eigenvalue weighted by Gasteiger charge is -2.12. The Labute approximate surface area is 123 Å². The fourth-order valence-corrected chi connectivity index (χ4v) is 2.58. The highest BCUT2D eigenvalue weighted by atomic mass is 32.2. The number of thioether (sulfide) groups is 1. The maximum absolute atomic E-state index is 12.1. The van der Waals surface area contributed by atoms with Gasteiger partial charge in [-0.1, -0.05) is 23.8 Å². The second kappa shape index (κ2) is 6.57. The molecule has 0 radical (unpaired) electrons. The summed E-state index contributed by atoms with van der Waals surface area (Å²) in [4.78, 5) is 17.5. The molecular weight excluding hydrogens is 268 g/mol. The van der Waals surface area contributed by atoms with E-state index in [0.29, 0.717) is 5.82 Å². The number of nitrogens with one attached hydrogen (secondary N) is 1. The first-order valence-electron chi connectivity index (χ1n) is 6.52. The summed E-state index contributed by atoms with van der Waals surface area (Å²) in [5.41, 5.74) is 2.11. The van der Waals surface area contributed by atoms with Crippen LogP contribution in [-0.4, -0.2) is 16.1 Å². The highest BCUT2D eigenvalue weighted by Crippen LogP contribution is 2.24. The summed E-state index contributed by atoms with van der Waals surface area (Å²) >= 11 is 1.54. The van der Waals surface area contributed by atoms with Crippen molar-refractivity contribution in [3.8, 4) is 0 Å². The van der Waals surface area contributed by atoms with Crippen molar-refractivity contribution in [2.45, 2.75) is 30.9 Å². The van der Waals surface area contributed by atoms with E-state index in [-0.39, 0.29) is 11.2 Å². The average Bonchev–Trinajstić information content (AvgIpc) is 2.41. The number of nitrogens with zero attached hydrogens (tertiary/aromatic N) is 1. The first kappa shape index (κ1) is 14.6. The lowest BCUT2D eigenvalue weighted by atomic mass is 10.2.